The van der Waals surface area contributed by atoms with Crippen molar-refractivity contribution >= 4 is 54.9 Å². The molecule has 0 fully saturated rings. The zero-order chi connectivity index (χ0) is 18.0. The number of carbonyl (C=O) groups excluding carboxylic acids is 1. The summed E-state index contributed by atoms with van der Waals surface area (Å²) in [6.07, 6.45) is 1.50. The van der Waals surface area contributed by atoms with Crippen LogP contribution in [0.3, 0.4) is 0 Å². The Bertz CT molecular complexity index is 980. The second-order valence-corrected chi connectivity index (χ2v) is 7.07. The number of aromatic hydroxyl groups is 1. The van der Waals surface area contributed by atoms with E-state index in [4.69, 9.17) is 0 Å². The van der Waals surface area contributed by atoms with Crippen molar-refractivity contribution in [3.05, 3.63) is 68.2 Å². The number of carbonyl (C=O) groups is 1. The fourth-order valence-electron chi connectivity index (χ4n) is 2.38. The van der Waals surface area contributed by atoms with E-state index in [1.165, 1.54) is 6.21 Å². The number of amides is 1. The van der Waals surface area contributed by atoms with Crippen LogP contribution in [0.1, 0.15) is 21.6 Å². The number of hydrogen-bond donors (Lipinski definition) is 2. The number of halogens is 2. The number of phenols is 1. The van der Waals surface area contributed by atoms with Gasteiger partial charge in [0.1, 0.15) is 5.75 Å². The molecule has 126 valence electrons. The van der Waals surface area contributed by atoms with Crippen LogP contribution in [-0.4, -0.2) is 22.2 Å². The molecule has 2 aromatic carbocycles. The van der Waals surface area contributed by atoms with Gasteiger partial charge >= 0.3 is 0 Å². The smallest absolute Gasteiger partial charge is 0.272 e. The van der Waals surface area contributed by atoms with Crippen LogP contribution < -0.4 is 5.43 Å². The normalized spacial score (nSPS) is 11.2. The number of benzene rings is 2. The Morgan fingerprint density at radius 3 is 2.60 bits per heavy atom. The molecule has 7 heteroatoms. The van der Waals surface area contributed by atoms with E-state index in [1.807, 2.05) is 31.2 Å². The molecule has 0 unspecified atom stereocenters. The minimum Gasteiger partial charge on any atom is -0.506 e. The third-order valence-electron chi connectivity index (χ3n) is 3.51. The topological polar surface area (TPSA) is 74.6 Å². The molecule has 0 saturated heterocycles. The van der Waals surface area contributed by atoms with E-state index in [0.717, 1.165) is 16.6 Å². The predicted molar refractivity (Wildman–Crippen MR) is 105 cm³/mol. The molecule has 0 aliphatic heterocycles. The largest absolute Gasteiger partial charge is 0.506 e. The molecule has 1 aromatic heterocycles. The third kappa shape index (κ3) is 3.88. The van der Waals surface area contributed by atoms with E-state index in [1.54, 1.807) is 18.2 Å². The van der Waals surface area contributed by atoms with E-state index in [9.17, 15) is 9.90 Å². The van der Waals surface area contributed by atoms with E-state index in [0.29, 0.717) is 20.1 Å². The van der Waals surface area contributed by atoms with Crippen molar-refractivity contribution in [2.75, 3.05) is 0 Å². The predicted octanol–water partition coefficient (Wildman–Crippen LogP) is 4.54. The molecule has 3 rings (SSSR count). The molecule has 0 radical (unpaired) electrons. The van der Waals surface area contributed by atoms with Crippen LogP contribution in [0.2, 0.25) is 0 Å². The summed E-state index contributed by atoms with van der Waals surface area (Å²) in [5.41, 5.74) is 5.30. The Labute approximate surface area is 161 Å². The van der Waals surface area contributed by atoms with Gasteiger partial charge in [0.2, 0.25) is 0 Å². The number of pyridine rings is 1. The van der Waals surface area contributed by atoms with Gasteiger partial charge in [-0.1, -0.05) is 18.2 Å². The highest BCUT2D eigenvalue weighted by Crippen LogP contribution is 2.32. The van der Waals surface area contributed by atoms with Gasteiger partial charge in [-0.2, -0.15) is 5.10 Å². The monoisotopic (exact) mass is 461 g/mol. The molecule has 0 aliphatic carbocycles. The molecule has 25 heavy (non-hydrogen) atoms. The first-order valence-electron chi connectivity index (χ1n) is 7.33. The first kappa shape index (κ1) is 17.6. The molecule has 3 aromatic rings. The second kappa shape index (κ2) is 7.33. The lowest BCUT2D eigenvalue weighted by Gasteiger charge is -2.06. The average Bonchev–Trinajstić information content (AvgIpc) is 2.58. The van der Waals surface area contributed by atoms with Crippen LogP contribution in [0, 0.1) is 6.92 Å². The summed E-state index contributed by atoms with van der Waals surface area (Å²) in [7, 11) is 0. The maximum absolute atomic E-state index is 12.5. The lowest BCUT2D eigenvalue weighted by atomic mass is 10.1. The van der Waals surface area contributed by atoms with Gasteiger partial charge in [-0.05, 0) is 68.6 Å². The maximum atomic E-state index is 12.5. The summed E-state index contributed by atoms with van der Waals surface area (Å²) in [6.45, 7) is 1.85. The van der Waals surface area contributed by atoms with Crippen molar-refractivity contribution in [3.63, 3.8) is 0 Å². The van der Waals surface area contributed by atoms with Gasteiger partial charge in [0, 0.05) is 11.1 Å². The van der Waals surface area contributed by atoms with Gasteiger partial charge in [0.25, 0.3) is 5.91 Å². The quantitative estimate of drug-likeness (QED) is 0.443. The van der Waals surface area contributed by atoms with Gasteiger partial charge < -0.3 is 5.11 Å². The standard InChI is InChI=1S/C18H13Br2N3O2/c1-10-6-13(12-4-2-3-5-16(12)22-10)18(25)23-21-9-11-7-14(19)17(24)15(20)8-11/h2-9,24H,1H3,(H,23,25)/b21-9-. The van der Waals surface area contributed by atoms with Crippen molar-refractivity contribution in [1.29, 1.82) is 0 Å². The molecule has 0 saturated carbocycles. The number of hydrogen-bond acceptors (Lipinski definition) is 4. The van der Waals surface area contributed by atoms with Crippen LogP contribution in [0.5, 0.6) is 5.75 Å². The highest BCUT2D eigenvalue weighted by Gasteiger charge is 2.11. The zero-order valence-electron chi connectivity index (χ0n) is 13.1. The minimum atomic E-state index is -0.310. The molecule has 5 nitrogen and oxygen atoms in total. The fraction of sp³-hybridized carbons (Fsp3) is 0.0556. The van der Waals surface area contributed by atoms with Crippen molar-refractivity contribution in [3.8, 4) is 5.75 Å². The molecule has 0 atom stereocenters. The van der Waals surface area contributed by atoms with Gasteiger partial charge in [-0.15, -0.1) is 0 Å². The molecule has 1 amide bonds. The number of phenolic OH excluding ortho intramolecular Hbond substituents is 1. The number of nitrogens with one attached hydrogen (secondary N) is 1. The summed E-state index contributed by atoms with van der Waals surface area (Å²) < 4.78 is 1.07. The van der Waals surface area contributed by atoms with E-state index in [2.05, 4.69) is 47.4 Å². The Morgan fingerprint density at radius 1 is 1.20 bits per heavy atom. The second-order valence-electron chi connectivity index (χ2n) is 5.36. The Hall–Kier alpha value is -2.25. The Kier molecular flexibility index (Phi) is 5.15. The summed E-state index contributed by atoms with van der Waals surface area (Å²) >= 11 is 6.51. The Balaban J connectivity index is 1.84. The van der Waals surface area contributed by atoms with Gasteiger partial charge in [-0.3, -0.25) is 9.78 Å². The van der Waals surface area contributed by atoms with Crippen LogP contribution >= 0.6 is 31.9 Å². The number of para-hydroxylation sites is 1. The molecule has 0 bridgehead atoms. The minimum absolute atomic E-state index is 0.111. The molecular weight excluding hydrogens is 450 g/mol. The van der Waals surface area contributed by atoms with Crippen molar-refractivity contribution < 1.29 is 9.90 Å². The van der Waals surface area contributed by atoms with Gasteiger partial charge in [0.15, 0.2) is 0 Å². The van der Waals surface area contributed by atoms with E-state index >= 15 is 0 Å². The number of rotatable bonds is 3. The number of aromatic nitrogens is 1. The first-order valence-corrected chi connectivity index (χ1v) is 8.92. The van der Waals surface area contributed by atoms with Crippen molar-refractivity contribution in [2.45, 2.75) is 6.92 Å². The van der Waals surface area contributed by atoms with Crippen LogP contribution in [-0.2, 0) is 0 Å². The number of fused-ring (bicyclic) bond motifs is 1. The summed E-state index contributed by atoms with van der Waals surface area (Å²) in [6, 6.07) is 12.6. The highest BCUT2D eigenvalue weighted by atomic mass is 79.9. The Morgan fingerprint density at radius 2 is 1.88 bits per heavy atom. The van der Waals surface area contributed by atoms with E-state index < -0.39 is 0 Å². The molecule has 2 N–H and O–H groups in total. The SMILES string of the molecule is Cc1cc(C(=O)N/N=C\c2cc(Br)c(O)c(Br)c2)c2ccccc2n1. The molecule has 0 spiro atoms. The average molecular weight is 463 g/mol. The number of hydrazone groups is 1. The number of aryl methyl sites for hydroxylation is 1. The number of nitrogens with zero attached hydrogens (tertiary/aromatic N) is 2. The fourth-order valence-corrected chi connectivity index (χ4v) is 3.60. The molecule has 0 aliphatic rings. The lowest BCUT2D eigenvalue weighted by molar-refractivity contribution is 0.0956. The summed E-state index contributed by atoms with van der Waals surface area (Å²) in [5, 5.41) is 14.5. The van der Waals surface area contributed by atoms with Gasteiger partial charge in [0.05, 0.1) is 26.2 Å². The maximum Gasteiger partial charge on any atom is 0.272 e. The lowest BCUT2D eigenvalue weighted by Crippen LogP contribution is -2.18. The summed E-state index contributed by atoms with van der Waals surface area (Å²) in [5.74, 6) is -0.199. The third-order valence-corrected chi connectivity index (χ3v) is 4.72. The summed E-state index contributed by atoms with van der Waals surface area (Å²) in [4.78, 5) is 16.9. The van der Waals surface area contributed by atoms with Crippen molar-refractivity contribution in [1.82, 2.24) is 10.4 Å². The van der Waals surface area contributed by atoms with Crippen molar-refractivity contribution in [2.24, 2.45) is 5.10 Å². The molecular formula is C18H13Br2N3O2. The zero-order valence-corrected chi connectivity index (χ0v) is 16.3. The van der Waals surface area contributed by atoms with Gasteiger partial charge in [-0.25, -0.2) is 5.43 Å². The van der Waals surface area contributed by atoms with Crippen LogP contribution in [0.15, 0.2) is 56.5 Å². The van der Waals surface area contributed by atoms with E-state index in [-0.39, 0.29) is 11.7 Å². The van der Waals surface area contributed by atoms with Crippen LogP contribution in [0.4, 0.5) is 0 Å². The highest BCUT2D eigenvalue weighted by molar-refractivity contribution is 9.11. The van der Waals surface area contributed by atoms with Crippen LogP contribution in [0.25, 0.3) is 10.9 Å². The first-order chi connectivity index (χ1) is 12.0. The molecule has 1 heterocycles.